The summed E-state index contributed by atoms with van der Waals surface area (Å²) in [5, 5.41) is 2.77. The summed E-state index contributed by atoms with van der Waals surface area (Å²) in [6, 6.07) is 3.92. The molecule has 0 saturated carbocycles. The molecule has 6 heteroatoms. The molecule has 2 aromatic rings. The van der Waals surface area contributed by atoms with Crippen LogP contribution in [0.3, 0.4) is 0 Å². The first-order valence-electron chi connectivity index (χ1n) is 6.88. The molecule has 0 unspecified atom stereocenters. The molecule has 0 atom stereocenters. The molecule has 22 heavy (non-hydrogen) atoms. The Morgan fingerprint density at radius 2 is 1.59 bits per heavy atom. The van der Waals surface area contributed by atoms with E-state index in [0.29, 0.717) is 5.69 Å². The van der Waals surface area contributed by atoms with Crippen LogP contribution in [0.1, 0.15) is 27.0 Å². The van der Waals surface area contributed by atoms with E-state index in [-0.39, 0.29) is 5.56 Å². The number of aryl methyl sites for hydroxylation is 4. The minimum absolute atomic E-state index is 0.0658. The highest BCUT2D eigenvalue weighted by molar-refractivity contribution is 6.04. The molecular formula is C16H19N3O3. The molecule has 1 N–H and O–H groups in total. The molecule has 2 rings (SSSR count). The largest absolute Gasteiger partial charge is 0.330 e. The van der Waals surface area contributed by atoms with Crippen molar-refractivity contribution in [1.29, 1.82) is 0 Å². The summed E-state index contributed by atoms with van der Waals surface area (Å²) in [7, 11) is 2.85. The number of hydrogen-bond donors (Lipinski definition) is 1. The molecule has 1 aromatic heterocycles. The van der Waals surface area contributed by atoms with Gasteiger partial charge < -0.3 is 9.88 Å². The van der Waals surface area contributed by atoms with Gasteiger partial charge in [-0.15, -0.1) is 0 Å². The molecule has 0 radical (unpaired) electrons. The predicted octanol–water partition coefficient (Wildman–Crippen LogP) is 1.26. The van der Waals surface area contributed by atoms with Crippen LogP contribution >= 0.6 is 0 Å². The Balaban J connectivity index is 2.48. The molecule has 0 bridgehead atoms. The zero-order chi connectivity index (χ0) is 16.6. The molecule has 0 aliphatic carbocycles. The van der Waals surface area contributed by atoms with Gasteiger partial charge in [0.1, 0.15) is 5.56 Å². The fraction of sp³-hybridized carbons (Fsp3) is 0.312. The lowest BCUT2D eigenvalue weighted by molar-refractivity contribution is 0.102. The fourth-order valence-corrected chi connectivity index (χ4v) is 2.52. The zero-order valence-electron chi connectivity index (χ0n) is 13.4. The summed E-state index contributed by atoms with van der Waals surface area (Å²) >= 11 is 0. The van der Waals surface area contributed by atoms with Gasteiger partial charge in [0.05, 0.1) is 0 Å². The number of nitrogens with zero attached hydrogens (tertiary/aromatic N) is 2. The third kappa shape index (κ3) is 2.72. The third-order valence-electron chi connectivity index (χ3n) is 3.61. The third-order valence-corrected chi connectivity index (χ3v) is 3.61. The average Bonchev–Trinajstić information content (AvgIpc) is 2.44. The Kier molecular flexibility index (Phi) is 4.03. The van der Waals surface area contributed by atoms with Gasteiger partial charge in [-0.2, -0.15) is 0 Å². The molecule has 116 valence electrons. The highest BCUT2D eigenvalue weighted by atomic mass is 16.2. The number of carbonyl (C=O) groups is 1. The van der Waals surface area contributed by atoms with E-state index in [2.05, 4.69) is 5.32 Å². The lowest BCUT2D eigenvalue weighted by atomic mass is 10.0. The lowest BCUT2D eigenvalue weighted by Crippen LogP contribution is -2.40. The van der Waals surface area contributed by atoms with Crippen LogP contribution in [-0.2, 0) is 14.1 Å². The second-order valence-electron chi connectivity index (χ2n) is 5.53. The zero-order valence-corrected chi connectivity index (χ0v) is 13.4. The van der Waals surface area contributed by atoms with Gasteiger partial charge in [-0.25, -0.2) is 4.79 Å². The normalized spacial score (nSPS) is 10.6. The van der Waals surface area contributed by atoms with Gasteiger partial charge in [-0.3, -0.25) is 14.2 Å². The maximum atomic E-state index is 12.4. The van der Waals surface area contributed by atoms with Crippen molar-refractivity contribution in [1.82, 2.24) is 9.13 Å². The number of aromatic nitrogens is 2. The molecule has 6 nitrogen and oxygen atoms in total. The number of benzene rings is 1. The number of anilines is 1. The van der Waals surface area contributed by atoms with E-state index in [4.69, 9.17) is 0 Å². The van der Waals surface area contributed by atoms with Crippen LogP contribution in [0.4, 0.5) is 5.69 Å². The topological polar surface area (TPSA) is 73.1 Å². The van der Waals surface area contributed by atoms with Gasteiger partial charge in [0.2, 0.25) is 0 Å². The summed E-state index contributed by atoms with van der Waals surface area (Å²) in [5.74, 6) is -0.522. The second-order valence-corrected chi connectivity index (χ2v) is 5.53. The van der Waals surface area contributed by atoms with E-state index in [1.54, 1.807) is 0 Å². The quantitative estimate of drug-likeness (QED) is 0.907. The summed E-state index contributed by atoms with van der Waals surface area (Å²) < 4.78 is 2.13. The summed E-state index contributed by atoms with van der Waals surface area (Å²) in [6.45, 7) is 5.78. The molecule has 1 amide bonds. The van der Waals surface area contributed by atoms with Crippen molar-refractivity contribution < 1.29 is 4.79 Å². The van der Waals surface area contributed by atoms with Crippen molar-refractivity contribution in [2.24, 2.45) is 14.1 Å². The molecular weight excluding hydrogens is 282 g/mol. The highest BCUT2D eigenvalue weighted by Crippen LogP contribution is 2.22. The summed E-state index contributed by atoms with van der Waals surface area (Å²) in [5.41, 5.74) is 2.49. The van der Waals surface area contributed by atoms with Crippen LogP contribution in [0.25, 0.3) is 0 Å². The molecule has 1 heterocycles. The van der Waals surface area contributed by atoms with Crippen molar-refractivity contribution in [3.8, 4) is 0 Å². The standard InChI is InChI=1S/C16H19N3O3/c1-9-6-10(2)13(11(3)7-9)17-14(20)12-8-18(4)16(22)19(5)15(12)21/h6-8H,1-5H3,(H,17,20). The van der Waals surface area contributed by atoms with Gasteiger partial charge in [0, 0.05) is 26.0 Å². The van der Waals surface area contributed by atoms with E-state index in [0.717, 1.165) is 21.3 Å². The van der Waals surface area contributed by atoms with Crippen LogP contribution in [0, 0.1) is 20.8 Å². The number of nitrogens with one attached hydrogen (secondary N) is 1. The Morgan fingerprint density at radius 1 is 1.05 bits per heavy atom. The average molecular weight is 301 g/mol. The van der Waals surface area contributed by atoms with Gasteiger partial charge in [0.25, 0.3) is 11.5 Å². The minimum atomic E-state index is -0.608. The van der Waals surface area contributed by atoms with Gasteiger partial charge in [0.15, 0.2) is 0 Å². The van der Waals surface area contributed by atoms with E-state index in [9.17, 15) is 14.4 Å². The summed E-state index contributed by atoms with van der Waals surface area (Å²) in [4.78, 5) is 36.1. The SMILES string of the molecule is Cc1cc(C)c(NC(=O)c2cn(C)c(=O)n(C)c2=O)c(C)c1. The summed E-state index contributed by atoms with van der Waals surface area (Å²) in [6.07, 6.45) is 1.26. The van der Waals surface area contributed by atoms with Crippen molar-refractivity contribution in [2.75, 3.05) is 5.32 Å². The second kappa shape index (κ2) is 5.63. The van der Waals surface area contributed by atoms with Gasteiger partial charge in [-0.1, -0.05) is 17.7 Å². The molecule has 1 aromatic carbocycles. The first-order valence-corrected chi connectivity index (χ1v) is 6.88. The number of hydrogen-bond acceptors (Lipinski definition) is 3. The van der Waals surface area contributed by atoms with Crippen molar-refractivity contribution in [3.05, 3.63) is 61.4 Å². The molecule has 0 saturated heterocycles. The first kappa shape index (κ1) is 15.8. The molecule has 0 aliphatic heterocycles. The Bertz CT molecular complexity index is 852. The van der Waals surface area contributed by atoms with Crippen LogP contribution in [-0.4, -0.2) is 15.0 Å². The Morgan fingerprint density at radius 3 is 2.14 bits per heavy atom. The smallest absolute Gasteiger partial charge is 0.321 e. The van der Waals surface area contributed by atoms with Gasteiger partial charge in [-0.05, 0) is 31.9 Å². The Hall–Kier alpha value is -2.63. The van der Waals surface area contributed by atoms with Crippen molar-refractivity contribution in [2.45, 2.75) is 20.8 Å². The number of rotatable bonds is 2. The maximum absolute atomic E-state index is 12.4. The predicted molar refractivity (Wildman–Crippen MR) is 85.5 cm³/mol. The van der Waals surface area contributed by atoms with Gasteiger partial charge >= 0.3 is 5.69 Å². The van der Waals surface area contributed by atoms with E-state index >= 15 is 0 Å². The lowest BCUT2D eigenvalue weighted by Gasteiger charge is -2.13. The van der Waals surface area contributed by atoms with Crippen LogP contribution in [0.2, 0.25) is 0 Å². The molecule has 0 fully saturated rings. The molecule has 0 aliphatic rings. The first-order chi connectivity index (χ1) is 10.2. The Labute approximate surface area is 128 Å². The molecule has 0 spiro atoms. The van der Waals surface area contributed by atoms with Crippen LogP contribution in [0.15, 0.2) is 27.9 Å². The van der Waals surface area contributed by atoms with E-state index in [1.807, 2.05) is 32.9 Å². The van der Waals surface area contributed by atoms with Crippen LogP contribution in [0.5, 0.6) is 0 Å². The van der Waals surface area contributed by atoms with Crippen molar-refractivity contribution in [3.63, 3.8) is 0 Å². The van der Waals surface area contributed by atoms with E-state index < -0.39 is 17.2 Å². The number of amides is 1. The van der Waals surface area contributed by atoms with Crippen LogP contribution < -0.4 is 16.6 Å². The maximum Gasteiger partial charge on any atom is 0.330 e. The minimum Gasteiger partial charge on any atom is -0.321 e. The van der Waals surface area contributed by atoms with E-state index in [1.165, 1.54) is 24.9 Å². The monoisotopic (exact) mass is 301 g/mol. The highest BCUT2D eigenvalue weighted by Gasteiger charge is 2.16. The van der Waals surface area contributed by atoms with Crippen molar-refractivity contribution >= 4 is 11.6 Å². The fourth-order valence-electron chi connectivity index (χ4n) is 2.52. The number of carbonyl (C=O) groups excluding carboxylic acids is 1.